The summed E-state index contributed by atoms with van der Waals surface area (Å²) in [7, 11) is 2.17. The van der Waals surface area contributed by atoms with Crippen LogP contribution in [-0.2, 0) is 13.1 Å². The highest BCUT2D eigenvalue weighted by Gasteiger charge is 2.19. The van der Waals surface area contributed by atoms with Gasteiger partial charge in [-0.3, -0.25) is 9.69 Å². The first-order valence-corrected chi connectivity index (χ1v) is 11.2. The quantitative estimate of drug-likeness (QED) is 0.682. The van der Waals surface area contributed by atoms with Crippen LogP contribution in [0.4, 0.5) is 0 Å². The number of hydrogen-bond acceptors (Lipinski definition) is 6. The minimum Gasteiger partial charge on any atom is -0.347 e. The summed E-state index contributed by atoms with van der Waals surface area (Å²) in [5.41, 5.74) is 4.32. The summed E-state index contributed by atoms with van der Waals surface area (Å²) in [6.07, 6.45) is 0. The van der Waals surface area contributed by atoms with Crippen molar-refractivity contribution in [2.24, 2.45) is 0 Å². The standard InChI is InChI=1S/C23H29N5OS/c1-15-20-16(2)25-17(3)26-23(20)30-21(15)22(29)24-13-18-6-5-7-19(12-18)14-28-10-8-27(4)9-11-28/h5-7,12H,8-11,13-14H2,1-4H3,(H,24,29). The van der Waals surface area contributed by atoms with Crippen LogP contribution >= 0.6 is 11.3 Å². The third-order valence-corrected chi connectivity index (χ3v) is 6.92. The summed E-state index contributed by atoms with van der Waals surface area (Å²) in [5, 5.41) is 4.10. The zero-order valence-electron chi connectivity index (χ0n) is 18.2. The number of rotatable bonds is 5. The molecule has 0 saturated carbocycles. The van der Waals surface area contributed by atoms with Gasteiger partial charge < -0.3 is 10.2 Å². The fraction of sp³-hybridized carbons (Fsp3) is 0.435. The third-order valence-electron chi connectivity index (χ3n) is 5.74. The van der Waals surface area contributed by atoms with E-state index in [0.29, 0.717) is 6.54 Å². The van der Waals surface area contributed by atoms with Gasteiger partial charge in [0.1, 0.15) is 10.7 Å². The Morgan fingerprint density at radius 3 is 2.60 bits per heavy atom. The van der Waals surface area contributed by atoms with E-state index in [1.807, 2.05) is 20.8 Å². The highest BCUT2D eigenvalue weighted by molar-refractivity contribution is 7.20. The molecular weight excluding hydrogens is 394 g/mol. The number of carbonyl (C=O) groups is 1. The largest absolute Gasteiger partial charge is 0.347 e. The molecule has 6 nitrogen and oxygen atoms in total. The molecular formula is C23H29N5OS. The van der Waals surface area contributed by atoms with Crippen molar-refractivity contribution in [3.8, 4) is 0 Å². The van der Waals surface area contributed by atoms with E-state index >= 15 is 0 Å². The van der Waals surface area contributed by atoms with Gasteiger partial charge in [-0.15, -0.1) is 11.3 Å². The van der Waals surface area contributed by atoms with Crippen LogP contribution < -0.4 is 5.32 Å². The molecule has 0 aliphatic carbocycles. The Bertz CT molecular complexity index is 1070. The number of carbonyl (C=O) groups excluding carboxylic acids is 1. The molecule has 3 aromatic rings. The van der Waals surface area contributed by atoms with Crippen LogP contribution in [0.5, 0.6) is 0 Å². The van der Waals surface area contributed by atoms with Crippen molar-refractivity contribution < 1.29 is 4.79 Å². The van der Waals surface area contributed by atoms with Crippen molar-refractivity contribution in [2.45, 2.75) is 33.9 Å². The molecule has 30 heavy (non-hydrogen) atoms. The molecule has 1 aromatic carbocycles. The van der Waals surface area contributed by atoms with Crippen molar-refractivity contribution >= 4 is 27.5 Å². The number of aryl methyl sites for hydroxylation is 3. The van der Waals surface area contributed by atoms with Gasteiger partial charge in [0.05, 0.1) is 4.88 Å². The van der Waals surface area contributed by atoms with Gasteiger partial charge in [-0.25, -0.2) is 9.97 Å². The van der Waals surface area contributed by atoms with Gasteiger partial charge >= 0.3 is 0 Å². The van der Waals surface area contributed by atoms with E-state index in [1.165, 1.54) is 16.9 Å². The van der Waals surface area contributed by atoms with Crippen LogP contribution in [-0.4, -0.2) is 58.9 Å². The van der Waals surface area contributed by atoms with Gasteiger partial charge in [-0.1, -0.05) is 24.3 Å². The average molecular weight is 424 g/mol. The first-order valence-electron chi connectivity index (χ1n) is 10.4. The van der Waals surface area contributed by atoms with E-state index in [9.17, 15) is 4.79 Å². The molecule has 3 heterocycles. The second-order valence-corrected chi connectivity index (χ2v) is 9.17. The first-order chi connectivity index (χ1) is 14.4. The van der Waals surface area contributed by atoms with Crippen LogP contribution in [0, 0.1) is 20.8 Å². The summed E-state index contributed by atoms with van der Waals surface area (Å²) in [5.74, 6) is 0.697. The van der Waals surface area contributed by atoms with Gasteiger partial charge in [-0.05, 0) is 44.5 Å². The van der Waals surface area contributed by atoms with E-state index < -0.39 is 0 Å². The predicted octanol–water partition coefficient (Wildman–Crippen LogP) is 3.29. The number of nitrogens with zero attached hydrogens (tertiary/aromatic N) is 4. The maximum atomic E-state index is 12.9. The Morgan fingerprint density at radius 2 is 1.83 bits per heavy atom. The molecule has 0 bridgehead atoms. The van der Waals surface area contributed by atoms with E-state index in [0.717, 1.165) is 70.5 Å². The van der Waals surface area contributed by atoms with Crippen molar-refractivity contribution in [1.82, 2.24) is 25.1 Å². The first kappa shape index (κ1) is 20.9. The topological polar surface area (TPSA) is 61.4 Å². The Balaban J connectivity index is 1.42. The zero-order valence-corrected chi connectivity index (χ0v) is 19.0. The number of thiophene rings is 1. The summed E-state index contributed by atoms with van der Waals surface area (Å²) in [4.78, 5) is 28.3. The number of amides is 1. The van der Waals surface area contributed by atoms with Gasteiger partial charge in [-0.2, -0.15) is 0 Å². The van der Waals surface area contributed by atoms with Crippen LogP contribution in [0.1, 0.15) is 37.9 Å². The van der Waals surface area contributed by atoms with Gasteiger partial charge in [0.25, 0.3) is 5.91 Å². The summed E-state index contributed by atoms with van der Waals surface area (Å²) >= 11 is 1.45. The SMILES string of the molecule is Cc1nc(C)c2c(C)c(C(=O)NCc3cccc(CN4CCN(C)CC4)c3)sc2n1. The smallest absolute Gasteiger partial charge is 0.261 e. The van der Waals surface area contributed by atoms with E-state index in [-0.39, 0.29) is 5.91 Å². The number of likely N-dealkylation sites (N-methyl/N-ethyl adjacent to an activating group) is 1. The molecule has 2 aromatic heterocycles. The van der Waals surface area contributed by atoms with Crippen molar-refractivity contribution in [3.63, 3.8) is 0 Å². The van der Waals surface area contributed by atoms with E-state index in [1.54, 1.807) is 0 Å². The number of aromatic nitrogens is 2. The Hall–Kier alpha value is -2.35. The molecule has 1 N–H and O–H groups in total. The molecule has 1 saturated heterocycles. The lowest BCUT2D eigenvalue weighted by atomic mass is 10.1. The fourth-order valence-electron chi connectivity index (χ4n) is 4.05. The number of nitrogens with one attached hydrogen (secondary N) is 1. The Morgan fingerprint density at radius 1 is 1.10 bits per heavy atom. The van der Waals surface area contributed by atoms with Gasteiger partial charge in [0.15, 0.2) is 0 Å². The second kappa shape index (κ2) is 8.79. The van der Waals surface area contributed by atoms with Crippen molar-refractivity contribution in [2.75, 3.05) is 33.2 Å². The normalized spacial score (nSPS) is 15.6. The molecule has 0 atom stereocenters. The van der Waals surface area contributed by atoms with Crippen LogP contribution in [0.15, 0.2) is 24.3 Å². The highest BCUT2D eigenvalue weighted by Crippen LogP contribution is 2.31. The highest BCUT2D eigenvalue weighted by atomic mass is 32.1. The maximum absolute atomic E-state index is 12.9. The number of hydrogen-bond donors (Lipinski definition) is 1. The predicted molar refractivity (Wildman–Crippen MR) is 122 cm³/mol. The summed E-state index contributed by atoms with van der Waals surface area (Å²) < 4.78 is 0. The van der Waals surface area contributed by atoms with E-state index in [2.05, 4.69) is 56.4 Å². The molecule has 1 fully saturated rings. The molecule has 1 aliphatic rings. The monoisotopic (exact) mass is 423 g/mol. The second-order valence-electron chi connectivity index (χ2n) is 8.17. The average Bonchev–Trinajstić information content (AvgIpc) is 3.05. The van der Waals surface area contributed by atoms with Gasteiger partial charge in [0, 0.05) is 50.3 Å². The molecule has 4 rings (SSSR count). The van der Waals surface area contributed by atoms with Crippen molar-refractivity contribution in [1.29, 1.82) is 0 Å². The zero-order chi connectivity index (χ0) is 21.3. The minimum absolute atomic E-state index is 0.0444. The number of fused-ring (bicyclic) bond motifs is 1. The molecule has 1 aliphatic heterocycles. The molecule has 0 unspecified atom stereocenters. The Kier molecular flexibility index (Phi) is 6.13. The van der Waals surface area contributed by atoms with Crippen LogP contribution in [0.2, 0.25) is 0 Å². The third kappa shape index (κ3) is 4.53. The fourth-order valence-corrected chi connectivity index (χ4v) is 5.25. The lowest BCUT2D eigenvalue weighted by Gasteiger charge is -2.32. The van der Waals surface area contributed by atoms with Crippen molar-refractivity contribution in [3.05, 3.63) is 57.4 Å². The molecule has 7 heteroatoms. The number of benzene rings is 1. The molecule has 1 amide bonds. The minimum atomic E-state index is -0.0444. The molecule has 0 spiro atoms. The lowest BCUT2D eigenvalue weighted by molar-refractivity contribution is 0.0954. The number of piperazine rings is 1. The molecule has 158 valence electrons. The Labute approximate surface area is 181 Å². The van der Waals surface area contributed by atoms with Gasteiger partial charge in [0.2, 0.25) is 0 Å². The van der Waals surface area contributed by atoms with Crippen LogP contribution in [0.3, 0.4) is 0 Å². The van der Waals surface area contributed by atoms with Crippen LogP contribution in [0.25, 0.3) is 10.2 Å². The lowest BCUT2D eigenvalue weighted by Crippen LogP contribution is -2.43. The van der Waals surface area contributed by atoms with E-state index in [4.69, 9.17) is 0 Å². The summed E-state index contributed by atoms with van der Waals surface area (Å²) in [6, 6.07) is 8.53. The molecule has 0 radical (unpaired) electrons. The maximum Gasteiger partial charge on any atom is 0.261 e. The summed E-state index contributed by atoms with van der Waals surface area (Å²) in [6.45, 7) is 11.8.